The molecule has 0 aromatic heterocycles. The molecule has 3 N–H and O–H groups in total. The van der Waals surface area contributed by atoms with Gasteiger partial charge in [-0.3, -0.25) is 4.90 Å². The molecule has 0 radical (unpaired) electrons. The highest BCUT2D eigenvalue weighted by atomic mass is 19.4. The molecule has 0 amide bonds. The molecule has 0 aromatic rings. The number of aliphatic hydroxyl groups excluding tert-OH is 2. The maximum absolute atomic E-state index is 11.8. The molecule has 0 aliphatic rings. The fraction of sp³-hybridized carbons (Fsp3) is 0.917. The molecule has 0 aliphatic heterocycles. The normalized spacial score (nSPS) is 15.5. The van der Waals surface area contributed by atoms with Crippen molar-refractivity contribution in [1.82, 2.24) is 4.90 Å². The van der Waals surface area contributed by atoms with E-state index in [9.17, 15) is 45.7 Å². The quantitative estimate of drug-likeness (QED) is 0.471. The van der Waals surface area contributed by atoms with E-state index >= 15 is 0 Å². The molecule has 0 bridgehead atoms. The van der Waals surface area contributed by atoms with Gasteiger partial charge in [0.2, 0.25) is 0 Å². The minimum absolute atomic E-state index is 0.554. The van der Waals surface area contributed by atoms with Crippen LogP contribution >= 0.6 is 0 Å². The van der Waals surface area contributed by atoms with Crippen molar-refractivity contribution in [3.05, 3.63) is 0 Å². The summed E-state index contributed by atoms with van der Waals surface area (Å²) in [6.07, 6.45) is -5.62. The van der Waals surface area contributed by atoms with Gasteiger partial charge < -0.3 is 15.3 Å². The Labute approximate surface area is 133 Å². The summed E-state index contributed by atoms with van der Waals surface area (Å²) in [6, 6.07) is 0. The average molecular weight is 375 g/mol. The van der Waals surface area contributed by atoms with Crippen LogP contribution in [-0.2, 0) is 4.79 Å². The van der Waals surface area contributed by atoms with Crippen LogP contribution in [0.4, 0.5) is 30.7 Å². The lowest BCUT2D eigenvalue weighted by Crippen LogP contribution is -2.56. The summed E-state index contributed by atoms with van der Waals surface area (Å²) in [5.74, 6) is -16.3. The highest BCUT2D eigenvalue weighted by Gasteiger charge is 2.76. The second-order valence-corrected chi connectivity index (χ2v) is 4.81. The molecular weight excluding hydrogens is 355 g/mol. The van der Waals surface area contributed by atoms with Crippen LogP contribution in [0.15, 0.2) is 0 Å². The Morgan fingerprint density at radius 3 is 1.54 bits per heavy atom. The molecule has 0 rings (SSSR count). The van der Waals surface area contributed by atoms with Crippen molar-refractivity contribution in [2.45, 2.75) is 64.1 Å². The Morgan fingerprint density at radius 1 is 1.00 bits per heavy atom. The Hall–Kier alpha value is -1.14. The van der Waals surface area contributed by atoms with E-state index in [0.717, 1.165) is 19.4 Å². The first kappa shape index (κ1) is 25.1. The second-order valence-electron chi connectivity index (χ2n) is 4.81. The molecule has 146 valence electrons. The van der Waals surface area contributed by atoms with Crippen LogP contribution in [0.5, 0.6) is 0 Å². The lowest BCUT2D eigenvalue weighted by Gasteiger charge is -2.27. The minimum atomic E-state index is -6.60. The molecule has 2 atom stereocenters. The third-order valence-electron chi connectivity index (χ3n) is 2.75. The highest BCUT2D eigenvalue weighted by molar-refractivity contribution is 5.76. The van der Waals surface area contributed by atoms with Crippen LogP contribution in [0.2, 0.25) is 0 Å². The zero-order valence-electron chi connectivity index (χ0n) is 13.1. The summed E-state index contributed by atoms with van der Waals surface area (Å²) in [7, 11) is 0. The molecule has 24 heavy (non-hydrogen) atoms. The Kier molecular flexibility index (Phi) is 9.80. The molecule has 0 saturated heterocycles. The zero-order valence-corrected chi connectivity index (χ0v) is 13.1. The van der Waals surface area contributed by atoms with Gasteiger partial charge in [-0.1, -0.05) is 13.3 Å². The third-order valence-corrected chi connectivity index (χ3v) is 2.75. The Morgan fingerprint density at radius 2 is 1.38 bits per heavy atom. The van der Waals surface area contributed by atoms with Gasteiger partial charge in [0.15, 0.2) is 0 Å². The molecule has 0 heterocycles. The molecule has 0 saturated carbocycles. The average Bonchev–Trinajstić information content (AvgIpc) is 2.37. The number of carboxylic acids is 1. The van der Waals surface area contributed by atoms with Gasteiger partial charge in [0.25, 0.3) is 0 Å². The largest absolute Gasteiger partial charge is 0.477 e. The Bertz CT molecular complexity index is 378. The SMILES string of the molecule is CCCCN(C(C)O)C(C)O.O=C(O)C(F)(F)C(F)(F)C(F)(F)F. The number of hydrogen-bond acceptors (Lipinski definition) is 4. The van der Waals surface area contributed by atoms with Crippen molar-refractivity contribution < 1.29 is 50.8 Å². The first-order valence-electron chi connectivity index (χ1n) is 6.71. The molecule has 0 aromatic carbocycles. The van der Waals surface area contributed by atoms with Crippen LogP contribution in [0, 0.1) is 0 Å². The minimum Gasteiger partial charge on any atom is -0.477 e. The van der Waals surface area contributed by atoms with Gasteiger partial charge in [-0.2, -0.15) is 30.7 Å². The van der Waals surface area contributed by atoms with Gasteiger partial charge in [0.1, 0.15) is 12.5 Å². The van der Waals surface area contributed by atoms with E-state index in [1.54, 1.807) is 18.7 Å². The predicted octanol–water partition coefficient (Wildman–Crippen LogP) is 2.67. The van der Waals surface area contributed by atoms with Gasteiger partial charge >= 0.3 is 24.0 Å². The second kappa shape index (κ2) is 9.37. The van der Waals surface area contributed by atoms with Gasteiger partial charge in [-0.15, -0.1) is 0 Å². The van der Waals surface area contributed by atoms with Crippen LogP contribution < -0.4 is 0 Å². The van der Waals surface area contributed by atoms with E-state index in [-0.39, 0.29) is 0 Å². The fourth-order valence-corrected chi connectivity index (χ4v) is 1.34. The number of unbranched alkanes of at least 4 members (excludes halogenated alkanes) is 1. The van der Waals surface area contributed by atoms with Crippen molar-refractivity contribution in [2.75, 3.05) is 6.54 Å². The molecular formula is C12H20F7NO4. The summed E-state index contributed by atoms with van der Waals surface area (Å²) in [6.45, 7) is 6.18. The van der Waals surface area contributed by atoms with E-state index in [0.29, 0.717) is 0 Å². The maximum atomic E-state index is 11.8. The molecule has 0 fully saturated rings. The maximum Gasteiger partial charge on any atom is 0.460 e. The van der Waals surface area contributed by atoms with Crippen molar-refractivity contribution in [2.24, 2.45) is 0 Å². The third kappa shape index (κ3) is 6.77. The molecule has 12 heteroatoms. The topological polar surface area (TPSA) is 81.0 Å². The van der Waals surface area contributed by atoms with E-state index in [4.69, 9.17) is 5.11 Å². The number of aliphatic carboxylic acids is 1. The van der Waals surface area contributed by atoms with Crippen molar-refractivity contribution in [3.8, 4) is 0 Å². The van der Waals surface area contributed by atoms with Crippen LogP contribution in [0.25, 0.3) is 0 Å². The fourth-order valence-electron chi connectivity index (χ4n) is 1.34. The van der Waals surface area contributed by atoms with E-state index in [2.05, 4.69) is 6.92 Å². The van der Waals surface area contributed by atoms with Gasteiger partial charge in [-0.25, -0.2) is 4.79 Å². The van der Waals surface area contributed by atoms with E-state index < -0.39 is 36.4 Å². The van der Waals surface area contributed by atoms with Crippen molar-refractivity contribution in [1.29, 1.82) is 0 Å². The molecule has 0 spiro atoms. The van der Waals surface area contributed by atoms with Crippen LogP contribution in [0.1, 0.15) is 33.6 Å². The first-order chi connectivity index (χ1) is 10.5. The smallest absolute Gasteiger partial charge is 0.460 e. The van der Waals surface area contributed by atoms with Crippen LogP contribution in [-0.4, -0.2) is 63.2 Å². The van der Waals surface area contributed by atoms with E-state index in [1.807, 2.05) is 0 Å². The number of carboxylic acid groups (broad SMARTS) is 1. The standard InChI is InChI=1S/C8H19NO2.C4HF7O2/c1-4-5-6-9(7(2)10)8(3)11;5-2(6,1(12)13)3(7,8)4(9,10)11/h7-8,10-11H,4-6H2,1-3H3;(H,12,13). The monoisotopic (exact) mass is 375 g/mol. The van der Waals surface area contributed by atoms with Crippen LogP contribution in [0.3, 0.4) is 0 Å². The lowest BCUT2D eigenvalue weighted by atomic mass is 10.1. The molecule has 0 aliphatic carbocycles. The number of alkyl halides is 7. The number of aliphatic hydroxyl groups is 2. The van der Waals surface area contributed by atoms with Gasteiger partial charge in [0, 0.05) is 6.54 Å². The van der Waals surface area contributed by atoms with Gasteiger partial charge in [-0.05, 0) is 20.3 Å². The summed E-state index contributed by atoms with van der Waals surface area (Å²) < 4.78 is 80.5. The number of carbonyl (C=O) groups is 1. The number of halogens is 7. The molecule has 5 nitrogen and oxygen atoms in total. The number of nitrogens with zero attached hydrogens (tertiary/aromatic N) is 1. The Balaban J connectivity index is 0. The van der Waals surface area contributed by atoms with Crippen molar-refractivity contribution in [3.63, 3.8) is 0 Å². The zero-order chi connectivity index (χ0) is 19.9. The summed E-state index contributed by atoms with van der Waals surface area (Å²) in [5, 5.41) is 25.8. The van der Waals surface area contributed by atoms with Crippen molar-refractivity contribution >= 4 is 5.97 Å². The van der Waals surface area contributed by atoms with E-state index in [1.165, 1.54) is 0 Å². The summed E-state index contributed by atoms with van der Waals surface area (Å²) in [4.78, 5) is 11.0. The molecule has 2 unspecified atom stereocenters. The summed E-state index contributed by atoms with van der Waals surface area (Å²) in [5.41, 5.74) is 0. The first-order valence-corrected chi connectivity index (χ1v) is 6.71. The number of rotatable bonds is 7. The number of hydrogen-bond donors (Lipinski definition) is 3. The predicted molar refractivity (Wildman–Crippen MR) is 68.6 cm³/mol. The summed E-state index contributed by atoms with van der Waals surface area (Å²) >= 11 is 0. The highest BCUT2D eigenvalue weighted by Crippen LogP contribution is 2.46. The van der Waals surface area contributed by atoms with Gasteiger partial charge in [0.05, 0.1) is 0 Å². The lowest BCUT2D eigenvalue weighted by molar-refractivity contribution is -0.347.